The maximum atomic E-state index is 12.0. The van der Waals surface area contributed by atoms with Crippen molar-refractivity contribution in [3.05, 3.63) is 71.5 Å². The van der Waals surface area contributed by atoms with Gasteiger partial charge in [0.2, 0.25) is 17.8 Å². The van der Waals surface area contributed by atoms with Crippen LogP contribution >= 0.6 is 11.6 Å². The number of carbonyl (C=O) groups is 2. The van der Waals surface area contributed by atoms with Crippen LogP contribution in [-0.4, -0.2) is 33.2 Å². The number of aromatic nitrogens is 3. The second-order valence-electron chi connectivity index (χ2n) is 6.46. The lowest BCUT2D eigenvalue weighted by Gasteiger charge is -2.07. The van der Waals surface area contributed by atoms with E-state index < -0.39 is 0 Å². The molecule has 1 aromatic heterocycles. The van der Waals surface area contributed by atoms with Gasteiger partial charge in [0.25, 0.3) is 0 Å². The average Bonchev–Trinajstić information content (AvgIpc) is 3.18. The van der Waals surface area contributed by atoms with E-state index in [9.17, 15) is 9.59 Å². The molecule has 0 aliphatic rings. The minimum absolute atomic E-state index is 0.0153. The maximum Gasteiger partial charge on any atom is 0.248 e. The number of carbonyl (C=O) groups excluding carboxylic acids is 2. The van der Waals surface area contributed by atoms with Crippen LogP contribution < -0.4 is 15.4 Å². The van der Waals surface area contributed by atoms with E-state index in [4.69, 9.17) is 16.3 Å². The van der Waals surface area contributed by atoms with E-state index in [1.807, 2.05) is 42.5 Å². The predicted molar refractivity (Wildman–Crippen MR) is 113 cm³/mol. The Hall–Kier alpha value is -3.39. The summed E-state index contributed by atoms with van der Waals surface area (Å²) in [5.41, 5.74) is 1.01. The van der Waals surface area contributed by atoms with Gasteiger partial charge in [0.05, 0.1) is 11.6 Å². The quantitative estimate of drug-likeness (QED) is 0.484. The van der Waals surface area contributed by atoms with Crippen molar-refractivity contribution in [1.82, 2.24) is 20.1 Å². The van der Waals surface area contributed by atoms with Crippen molar-refractivity contribution in [2.75, 3.05) is 11.9 Å². The van der Waals surface area contributed by atoms with Crippen LogP contribution in [-0.2, 0) is 22.7 Å². The third kappa shape index (κ3) is 6.89. The number of rotatable bonds is 10. The van der Waals surface area contributed by atoms with E-state index in [-0.39, 0.29) is 30.7 Å². The summed E-state index contributed by atoms with van der Waals surface area (Å²) in [6, 6.07) is 16.8. The van der Waals surface area contributed by atoms with E-state index >= 15 is 0 Å². The number of ether oxygens (including phenoxy) is 1. The Morgan fingerprint density at radius 1 is 1.03 bits per heavy atom. The number of amides is 2. The number of benzene rings is 2. The number of anilines is 1. The van der Waals surface area contributed by atoms with Gasteiger partial charge in [-0.1, -0.05) is 54.1 Å². The Balaban J connectivity index is 1.35. The number of hydrogen-bond donors (Lipinski definition) is 2. The van der Waals surface area contributed by atoms with Gasteiger partial charge in [-0.25, -0.2) is 9.67 Å². The fourth-order valence-electron chi connectivity index (χ4n) is 2.59. The summed E-state index contributed by atoms with van der Waals surface area (Å²) in [7, 11) is 0. The van der Waals surface area contributed by atoms with Crippen LogP contribution in [0, 0.1) is 0 Å². The highest BCUT2D eigenvalue weighted by Crippen LogP contribution is 2.23. The summed E-state index contributed by atoms with van der Waals surface area (Å²) in [5.74, 6) is 0.316. The molecule has 30 heavy (non-hydrogen) atoms. The van der Waals surface area contributed by atoms with Gasteiger partial charge in [0.15, 0.2) is 0 Å². The lowest BCUT2D eigenvalue weighted by Crippen LogP contribution is -2.27. The summed E-state index contributed by atoms with van der Waals surface area (Å²) < 4.78 is 6.92. The second kappa shape index (κ2) is 11.0. The molecule has 2 aromatic carbocycles. The first-order valence-electron chi connectivity index (χ1n) is 9.47. The number of nitrogens with one attached hydrogen (secondary N) is 2. The summed E-state index contributed by atoms with van der Waals surface area (Å²) in [6.07, 6.45) is 2.16. The fraction of sp³-hybridized carbons (Fsp3) is 0.238. The first-order valence-corrected chi connectivity index (χ1v) is 9.85. The van der Waals surface area contributed by atoms with Crippen molar-refractivity contribution in [2.45, 2.75) is 25.9 Å². The molecule has 156 valence electrons. The van der Waals surface area contributed by atoms with Gasteiger partial charge < -0.3 is 10.1 Å². The van der Waals surface area contributed by atoms with Gasteiger partial charge >= 0.3 is 0 Å². The molecule has 3 rings (SSSR count). The van der Waals surface area contributed by atoms with Gasteiger partial charge in [-0.05, 0) is 24.1 Å². The van der Waals surface area contributed by atoms with Crippen LogP contribution in [0.5, 0.6) is 5.75 Å². The number of para-hydroxylation sites is 1. The van der Waals surface area contributed by atoms with E-state index in [1.54, 1.807) is 12.1 Å². The maximum absolute atomic E-state index is 12.0. The Bertz CT molecular complexity index is 978. The molecule has 2 amide bonds. The zero-order valence-corrected chi connectivity index (χ0v) is 17.0. The normalized spacial score (nSPS) is 10.4. The van der Waals surface area contributed by atoms with Crippen molar-refractivity contribution < 1.29 is 14.3 Å². The summed E-state index contributed by atoms with van der Waals surface area (Å²) in [6.45, 7) is 0.816. The largest absolute Gasteiger partial charge is 0.492 e. The highest BCUT2D eigenvalue weighted by atomic mass is 35.5. The zero-order valence-electron chi connectivity index (χ0n) is 16.3. The van der Waals surface area contributed by atoms with E-state index in [2.05, 4.69) is 20.7 Å². The molecule has 0 unspecified atom stereocenters. The minimum Gasteiger partial charge on any atom is -0.492 e. The summed E-state index contributed by atoms with van der Waals surface area (Å²) >= 11 is 6.01. The molecule has 0 radical (unpaired) electrons. The molecule has 0 bridgehead atoms. The Labute approximate surface area is 179 Å². The smallest absolute Gasteiger partial charge is 0.248 e. The number of hydrogen-bond acceptors (Lipinski definition) is 5. The molecular formula is C21H22ClN5O3. The van der Waals surface area contributed by atoms with E-state index in [0.717, 1.165) is 5.56 Å². The molecule has 2 N–H and O–H groups in total. The standard InChI is InChI=1S/C21H22ClN5O3/c22-17-9-4-5-10-18(17)30-12-6-11-19(28)25-21-24-15-27(26-21)14-20(29)23-13-16-7-2-1-3-8-16/h1-5,7-10,15H,6,11-14H2,(H,23,29)(H,25,26,28). The third-order valence-corrected chi connectivity index (χ3v) is 4.38. The first-order chi connectivity index (χ1) is 14.6. The van der Waals surface area contributed by atoms with Gasteiger partial charge in [-0.2, -0.15) is 0 Å². The molecule has 3 aromatic rings. The molecule has 0 saturated carbocycles. The molecule has 0 spiro atoms. The van der Waals surface area contributed by atoms with Crippen molar-refractivity contribution in [1.29, 1.82) is 0 Å². The topological polar surface area (TPSA) is 98.1 Å². The number of nitrogens with zero attached hydrogens (tertiary/aromatic N) is 3. The highest BCUT2D eigenvalue weighted by Gasteiger charge is 2.09. The average molecular weight is 428 g/mol. The third-order valence-electron chi connectivity index (χ3n) is 4.07. The molecule has 0 aliphatic carbocycles. The minimum atomic E-state index is -0.232. The monoisotopic (exact) mass is 427 g/mol. The molecular weight excluding hydrogens is 406 g/mol. The predicted octanol–water partition coefficient (Wildman–Crippen LogP) is 3.05. The van der Waals surface area contributed by atoms with Gasteiger partial charge in [0.1, 0.15) is 18.6 Å². The first kappa shape index (κ1) is 21.3. The Morgan fingerprint density at radius 3 is 2.60 bits per heavy atom. The molecule has 9 heteroatoms. The van der Waals surface area contributed by atoms with Gasteiger partial charge in [0, 0.05) is 13.0 Å². The van der Waals surface area contributed by atoms with Crippen molar-refractivity contribution in [2.24, 2.45) is 0 Å². The van der Waals surface area contributed by atoms with Crippen LogP contribution in [0.25, 0.3) is 0 Å². The summed E-state index contributed by atoms with van der Waals surface area (Å²) in [4.78, 5) is 28.0. The molecule has 0 fully saturated rings. The molecule has 1 heterocycles. The van der Waals surface area contributed by atoms with Crippen molar-refractivity contribution in [3.8, 4) is 5.75 Å². The molecule has 0 aliphatic heterocycles. The molecule has 8 nitrogen and oxygen atoms in total. The van der Waals surface area contributed by atoms with Crippen molar-refractivity contribution in [3.63, 3.8) is 0 Å². The Morgan fingerprint density at radius 2 is 1.80 bits per heavy atom. The van der Waals surface area contributed by atoms with Crippen LogP contribution in [0.2, 0.25) is 5.02 Å². The summed E-state index contributed by atoms with van der Waals surface area (Å²) in [5, 5.41) is 10.0. The lowest BCUT2D eigenvalue weighted by molar-refractivity contribution is -0.122. The van der Waals surface area contributed by atoms with Gasteiger partial charge in [-0.15, -0.1) is 5.10 Å². The van der Waals surface area contributed by atoms with Crippen molar-refractivity contribution >= 4 is 29.4 Å². The van der Waals surface area contributed by atoms with Crippen LogP contribution in [0.15, 0.2) is 60.9 Å². The zero-order chi connectivity index (χ0) is 21.2. The van der Waals surface area contributed by atoms with Gasteiger partial charge in [-0.3, -0.25) is 14.9 Å². The second-order valence-corrected chi connectivity index (χ2v) is 6.87. The molecule has 0 atom stereocenters. The molecule has 0 saturated heterocycles. The van der Waals surface area contributed by atoms with E-state index in [0.29, 0.717) is 30.3 Å². The van der Waals surface area contributed by atoms with E-state index in [1.165, 1.54) is 11.0 Å². The van der Waals surface area contributed by atoms with Crippen LogP contribution in [0.1, 0.15) is 18.4 Å². The highest BCUT2D eigenvalue weighted by molar-refractivity contribution is 6.32. The van der Waals surface area contributed by atoms with Crippen LogP contribution in [0.4, 0.5) is 5.95 Å². The van der Waals surface area contributed by atoms with Crippen LogP contribution in [0.3, 0.4) is 0 Å². The Kier molecular flexibility index (Phi) is 7.79. The SMILES string of the molecule is O=C(Cn1cnc(NC(=O)CCCOc2ccccc2Cl)n1)NCc1ccccc1. The fourth-order valence-corrected chi connectivity index (χ4v) is 2.78. The lowest BCUT2D eigenvalue weighted by atomic mass is 10.2. The number of halogens is 1.